The third kappa shape index (κ3) is 6.15. The minimum absolute atomic E-state index is 1.02. The third-order valence-electron chi connectivity index (χ3n) is 2.89. The second-order valence-electron chi connectivity index (χ2n) is 4.56. The lowest BCUT2D eigenvalue weighted by molar-refractivity contribution is 0.326. The van der Waals surface area contributed by atoms with E-state index >= 15 is 0 Å². The molecule has 1 rings (SSSR count). The van der Waals surface area contributed by atoms with Crippen molar-refractivity contribution in [1.82, 2.24) is 15.2 Å². The number of hydrogen-bond donors (Lipinski definition) is 1. The van der Waals surface area contributed by atoms with Crippen molar-refractivity contribution in [1.29, 1.82) is 0 Å². The van der Waals surface area contributed by atoms with Crippen molar-refractivity contribution >= 4 is 11.3 Å². The normalized spacial score (nSPS) is 11.3. The van der Waals surface area contributed by atoms with E-state index in [1.54, 1.807) is 11.3 Å². The molecule has 0 saturated carbocycles. The van der Waals surface area contributed by atoms with Crippen molar-refractivity contribution < 1.29 is 0 Å². The van der Waals surface area contributed by atoms with E-state index in [1.807, 2.05) is 5.51 Å². The van der Waals surface area contributed by atoms with Crippen molar-refractivity contribution in [2.24, 2.45) is 0 Å². The zero-order chi connectivity index (χ0) is 12.5. The van der Waals surface area contributed by atoms with Crippen molar-refractivity contribution in [3.8, 4) is 0 Å². The van der Waals surface area contributed by atoms with Gasteiger partial charge in [-0.05, 0) is 26.9 Å². The van der Waals surface area contributed by atoms with E-state index in [1.165, 1.54) is 29.8 Å². The monoisotopic (exact) mass is 255 g/mol. The van der Waals surface area contributed by atoms with Gasteiger partial charge in [-0.1, -0.05) is 19.8 Å². The fourth-order valence-electron chi connectivity index (χ4n) is 1.70. The summed E-state index contributed by atoms with van der Waals surface area (Å²) in [6, 6.07) is 0. The number of aromatic nitrogens is 1. The predicted octanol–water partition coefficient (Wildman–Crippen LogP) is 2.66. The molecular formula is C13H25N3S. The molecule has 0 bridgehead atoms. The Morgan fingerprint density at radius 3 is 2.82 bits per heavy atom. The smallest absolute Gasteiger partial charge is 0.0798 e. The average molecular weight is 255 g/mol. The van der Waals surface area contributed by atoms with Gasteiger partial charge >= 0.3 is 0 Å². The number of thiazole rings is 1. The van der Waals surface area contributed by atoms with Crippen molar-refractivity contribution in [2.75, 3.05) is 26.7 Å². The fourth-order valence-corrected chi connectivity index (χ4v) is 2.55. The maximum Gasteiger partial charge on any atom is 0.0798 e. The molecule has 0 amide bonds. The summed E-state index contributed by atoms with van der Waals surface area (Å²) in [6.07, 6.45) is 3.93. The molecule has 0 saturated heterocycles. The molecular weight excluding hydrogens is 230 g/mol. The van der Waals surface area contributed by atoms with Gasteiger partial charge in [0.15, 0.2) is 0 Å². The first-order valence-electron chi connectivity index (χ1n) is 6.52. The number of hydrogen-bond acceptors (Lipinski definition) is 4. The van der Waals surface area contributed by atoms with Crippen LogP contribution in [0.25, 0.3) is 0 Å². The van der Waals surface area contributed by atoms with Crippen LogP contribution in [0.1, 0.15) is 36.8 Å². The van der Waals surface area contributed by atoms with E-state index < -0.39 is 0 Å². The summed E-state index contributed by atoms with van der Waals surface area (Å²) in [5, 5.41) is 3.49. The second-order valence-corrected chi connectivity index (χ2v) is 5.50. The Balaban J connectivity index is 2.05. The highest BCUT2D eigenvalue weighted by molar-refractivity contribution is 7.09. The summed E-state index contributed by atoms with van der Waals surface area (Å²) >= 11 is 1.76. The Kier molecular flexibility index (Phi) is 7.40. The first-order valence-corrected chi connectivity index (χ1v) is 7.40. The molecule has 1 heterocycles. The highest BCUT2D eigenvalue weighted by Gasteiger charge is 2.04. The molecule has 1 aromatic rings. The minimum Gasteiger partial charge on any atom is -0.315 e. The van der Waals surface area contributed by atoms with E-state index in [9.17, 15) is 0 Å². The maximum absolute atomic E-state index is 4.28. The van der Waals surface area contributed by atoms with E-state index in [2.05, 4.69) is 36.1 Å². The van der Waals surface area contributed by atoms with Crippen LogP contribution in [0.5, 0.6) is 0 Å². The van der Waals surface area contributed by atoms with E-state index in [0.29, 0.717) is 0 Å². The first kappa shape index (κ1) is 14.6. The van der Waals surface area contributed by atoms with E-state index in [0.717, 1.165) is 26.2 Å². The Morgan fingerprint density at radius 1 is 1.35 bits per heavy atom. The molecule has 0 unspecified atom stereocenters. The molecule has 4 heteroatoms. The van der Waals surface area contributed by atoms with Gasteiger partial charge in [-0.3, -0.25) is 4.90 Å². The van der Waals surface area contributed by atoms with Gasteiger partial charge in [0.05, 0.1) is 11.2 Å². The first-order chi connectivity index (χ1) is 8.24. The van der Waals surface area contributed by atoms with Crippen LogP contribution >= 0.6 is 11.3 Å². The molecule has 3 nitrogen and oxygen atoms in total. The van der Waals surface area contributed by atoms with Crippen LogP contribution in [-0.2, 0) is 6.54 Å². The standard InChI is InChI=1S/C13H25N3S/c1-4-5-6-7-14-8-9-16(3)10-13-12(2)15-11-17-13/h11,14H,4-10H2,1-3H3. The molecule has 1 aromatic heterocycles. The SMILES string of the molecule is CCCCCNCCN(C)Cc1scnc1C. The summed E-state index contributed by atoms with van der Waals surface area (Å²) in [6.45, 7) is 8.68. The molecule has 0 aliphatic rings. The van der Waals surface area contributed by atoms with Crippen LogP contribution in [0, 0.1) is 6.92 Å². The van der Waals surface area contributed by atoms with Crippen molar-refractivity contribution in [2.45, 2.75) is 39.7 Å². The summed E-state index contributed by atoms with van der Waals surface area (Å²) in [4.78, 5) is 8.02. The number of unbranched alkanes of at least 4 members (excludes halogenated alkanes) is 2. The fraction of sp³-hybridized carbons (Fsp3) is 0.769. The number of nitrogens with one attached hydrogen (secondary N) is 1. The largest absolute Gasteiger partial charge is 0.315 e. The maximum atomic E-state index is 4.28. The van der Waals surface area contributed by atoms with Gasteiger partial charge in [0.2, 0.25) is 0 Å². The van der Waals surface area contributed by atoms with Gasteiger partial charge in [0.25, 0.3) is 0 Å². The lowest BCUT2D eigenvalue weighted by atomic mass is 10.2. The molecule has 0 fully saturated rings. The van der Waals surface area contributed by atoms with Gasteiger partial charge in [0.1, 0.15) is 0 Å². The Bertz CT molecular complexity index is 299. The van der Waals surface area contributed by atoms with Gasteiger partial charge in [-0.2, -0.15) is 0 Å². The van der Waals surface area contributed by atoms with Gasteiger partial charge in [-0.25, -0.2) is 4.98 Å². The zero-order valence-electron chi connectivity index (χ0n) is 11.3. The molecule has 98 valence electrons. The van der Waals surface area contributed by atoms with Gasteiger partial charge in [-0.15, -0.1) is 11.3 Å². The highest BCUT2D eigenvalue weighted by atomic mass is 32.1. The van der Waals surface area contributed by atoms with Gasteiger partial charge < -0.3 is 5.32 Å². The van der Waals surface area contributed by atoms with E-state index in [4.69, 9.17) is 0 Å². The lowest BCUT2D eigenvalue weighted by Crippen LogP contribution is -2.29. The van der Waals surface area contributed by atoms with Crippen molar-refractivity contribution in [3.05, 3.63) is 16.1 Å². The molecule has 0 atom stereocenters. The summed E-state index contributed by atoms with van der Waals surface area (Å²) < 4.78 is 0. The zero-order valence-corrected chi connectivity index (χ0v) is 12.1. The van der Waals surface area contributed by atoms with Crippen molar-refractivity contribution in [3.63, 3.8) is 0 Å². The number of likely N-dealkylation sites (N-methyl/N-ethyl adjacent to an activating group) is 1. The van der Waals surface area contributed by atoms with Gasteiger partial charge in [0, 0.05) is 24.5 Å². The molecule has 0 aliphatic carbocycles. The Morgan fingerprint density at radius 2 is 2.18 bits per heavy atom. The molecule has 0 aliphatic heterocycles. The van der Waals surface area contributed by atoms with Crippen LogP contribution < -0.4 is 5.32 Å². The number of nitrogens with zero attached hydrogens (tertiary/aromatic N) is 2. The number of aryl methyl sites for hydroxylation is 1. The second kappa shape index (κ2) is 8.61. The molecule has 1 N–H and O–H groups in total. The average Bonchev–Trinajstić information content (AvgIpc) is 2.69. The quantitative estimate of drug-likeness (QED) is 0.688. The van der Waals surface area contributed by atoms with Crippen LogP contribution in [-0.4, -0.2) is 36.6 Å². The topological polar surface area (TPSA) is 28.2 Å². The Hall–Kier alpha value is -0.450. The molecule has 0 spiro atoms. The van der Waals surface area contributed by atoms with Crippen LogP contribution in [0.2, 0.25) is 0 Å². The predicted molar refractivity (Wildman–Crippen MR) is 75.6 cm³/mol. The highest BCUT2D eigenvalue weighted by Crippen LogP contribution is 2.13. The minimum atomic E-state index is 1.02. The Labute approximate surface area is 109 Å². The summed E-state index contributed by atoms with van der Waals surface area (Å²) in [7, 11) is 2.17. The number of rotatable bonds is 9. The van der Waals surface area contributed by atoms with Crippen LogP contribution in [0.3, 0.4) is 0 Å². The summed E-state index contributed by atoms with van der Waals surface area (Å²) in [5.74, 6) is 0. The molecule has 0 aromatic carbocycles. The summed E-state index contributed by atoms with van der Waals surface area (Å²) in [5.41, 5.74) is 3.11. The van der Waals surface area contributed by atoms with E-state index in [-0.39, 0.29) is 0 Å². The molecule has 17 heavy (non-hydrogen) atoms. The van der Waals surface area contributed by atoms with Crippen LogP contribution in [0.4, 0.5) is 0 Å². The third-order valence-corrected chi connectivity index (χ3v) is 3.81. The van der Waals surface area contributed by atoms with Crippen LogP contribution in [0.15, 0.2) is 5.51 Å². The lowest BCUT2D eigenvalue weighted by Gasteiger charge is -2.16. The molecule has 0 radical (unpaired) electrons.